The summed E-state index contributed by atoms with van der Waals surface area (Å²) in [5, 5.41) is 6.68. The Bertz CT molecular complexity index is 1220. The highest BCUT2D eigenvalue weighted by Gasteiger charge is 2.42. The van der Waals surface area contributed by atoms with E-state index in [-0.39, 0.29) is 29.8 Å². The third-order valence-electron chi connectivity index (χ3n) is 4.92. The van der Waals surface area contributed by atoms with Crippen LogP contribution in [0, 0.1) is 9.52 Å². The molecule has 2 aromatic heterocycles. The molecule has 3 aromatic rings. The number of nitrogens with two attached hydrogens (primary N) is 1. The molecule has 3 heterocycles. The van der Waals surface area contributed by atoms with E-state index >= 15 is 0 Å². The van der Waals surface area contributed by atoms with Crippen molar-refractivity contribution >= 4 is 45.7 Å². The number of fused-ring (bicyclic) bond motifs is 1. The molecule has 0 saturated heterocycles. The minimum atomic E-state index is -0.726. The van der Waals surface area contributed by atoms with Gasteiger partial charge >= 0.3 is 0 Å². The van der Waals surface area contributed by atoms with Gasteiger partial charge in [0.05, 0.1) is 23.4 Å². The van der Waals surface area contributed by atoms with Crippen molar-refractivity contribution in [2.45, 2.75) is 25.8 Å². The Kier molecular flexibility index (Phi) is 5.56. The summed E-state index contributed by atoms with van der Waals surface area (Å²) in [6.45, 7) is 3.72. The summed E-state index contributed by atoms with van der Waals surface area (Å²) in [5.74, 6) is 0.178. The Hall–Kier alpha value is -3.15. The minimum absolute atomic E-state index is 0.0888. The van der Waals surface area contributed by atoms with Gasteiger partial charge in [-0.1, -0.05) is 23.4 Å². The zero-order valence-corrected chi connectivity index (χ0v) is 18.8. The van der Waals surface area contributed by atoms with Crippen LogP contribution in [0.15, 0.2) is 52.2 Å². The normalized spacial score (nSPS) is 15.7. The number of allylic oxidation sites excluding steroid dienone is 1. The van der Waals surface area contributed by atoms with E-state index < -0.39 is 5.41 Å². The molecular formula is C21H18FIN6O2. The van der Waals surface area contributed by atoms with Crippen molar-refractivity contribution < 1.29 is 13.7 Å². The molecule has 1 aliphatic rings. The maximum absolute atomic E-state index is 14.0. The van der Waals surface area contributed by atoms with Crippen LogP contribution in [-0.4, -0.2) is 26.7 Å². The molecule has 0 atom stereocenters. The van der Waals surface area contributed by atoms with Gasteiger partial charge < -0.3 is 15.6 Å². The van der Waals surface area contributed by atoms with Crippen molar-refractivity contribution in [3.63, 3.8) is 0 Å². The van der Waals surface area contributed by atoms with Gasteiger partial charge in [0.25, 0.3) is 0 Å². The Balaban J connectivity index is 1.71. The molecule has 8 nitrogen and oxygen atoms in total. The fourth-order valence-electron chi connectivity index (χ4n) is 3.14. The number of halogens is 2. The molecule has 1 aliphatic heterocycles. The minimum Gasteiger partial charge on any atom is -0.396 e. The van der Waals surface area contributed by atoms with Crippen molar-refractivity contribution in [1.82, 2.24) is 15.1 Å². The SMILES string of the molecule is CC1(C)C(=O)Nc2nc(C(N)=CC(=NCc3ccccc3F)c3ccon3)nc(I)c21. The second-order valence-corrected chi connectivity index (χ2v) is 8.44. The van der Waals surface area contributed by atoms with Crippen molar-refractivity contribution in [2.75, 3.05) is 5.32 Å². The van der Waals surface area contributed by atoms with Crippen molar-refractivity contribution in [1.29, 1.82) is 0 Å². The molecule has 1 amide bonds. The van der Waals surface area contributed by atoms with E-state index in [2.05, 4.69) is 48.0 Å². The topological polar surface area (TPSA) is 119 Å². The number of aliphatic imine (C=N–C) groups is 1. The molecule has 0 spiro atoms. The molecule has 4 rings (SSSR count). The lowest BCUT2D eigenvalue weighted by molar-refractivity contribution is -0.119. The number of nitrogens with zero attached hydrogens (tertiary/aromatic N) is 4. The quantitative estimate of drug-likeness (QED) is 0.295. The number of hydrogen-bond donors (Lipinski definition) is 2. The van der Waals surface area contributed by atoms with Gasteiger partial charge in [-0.25, -0.2) is 14.4 Å². The highest BCUT2D eigenvalue weighted by molar-refractivity contribution is 14.1. The molecule has 10 heteroatoms. The maximum atomic E-state index is 14.0. The van der Waals surface area contributed by atoms with E-state index in [0.717, 1.165) is 5.56 Å². The molecule has 0 unspecified atom stereocenters. The predicted octanol–water partition coefficient (Wildman–Crippen LogP) is 3.43. The van der Waals surface area contributed by atoms with Crippen molar-refractivity contribution in [3.05, 3.63) is 74.8 Å². The number of anilines is 1. The Morgan fingerprint density at radius 2 is 2.10 bits per heavy atom. The first-order chi connectivity index (χ1) is 14.8. The largest absolute Gasteiger partial charge is 0.396 e. The van der Waals surface area contributed by atoms with Gasteiger partial charge in [-0.15, -0.1) is 0 Å². The Morgan fingerprint density at radius 1 is 1.32 bits per heavy atom. The summed E-state index contributed by atoms with van der Waals surface area (Å²) < 4.78 is 19.5. The van der Waals surface area contributed by atoms with Crippen LogP contribution < -0.4 is 11.1 Å². The van der Waals surface area contributed by atoms with Crippen LogP contribution in [0.25, 0.3) is 5.70 Å². The summed E-state index contributed by atoms with van der Waals surface area (Å²) in [4.78, 5) is 25.6. The number of nitrogens with one attached hydrogen (secondary N) is 1. The molecule has 0 bridgehead atoms. The number of carbonyl (C=O) groups excluding carboxylic acids is 1. The van der Waals surface area contributed by atoms with E-state index in [4.69, 9.17) is 10.3 Å². The molecule has 1 aromatic carbocycles. The average Bonchev–Trinajstić information content (AvgIpc) is 3.33. The zero-order valence-electron chi connectivity index (χ0n) is 16.7. The number of hydrogen-bond acceptors (Lipinski definition) is 7. The molecule has 0 fully saturated rings. The number of aromatic nitrogens is 3. The second-order valence-electron chi connectivity index (χ2n) is 7.42. The van der Waals surface area contributed by atoms with Crippen LogP contribution in [0.2, 0.25) is 0 Å². The van der Waals surface area contributed by atoms with Crippen LogP contribution in [-0.2, 0) is 16.8 Å². The Labute approximate surface area is 191 Å². The number of carbonyl (C=O) groups is 1. The van der Waals surface area contributed by atoms with Gasteiger partial charge in [0.2, 0.25) is 5.91 Å². The summed E-state index contributed by atoms with van der Waals surface area (Å²) >= 11 is 2.07. The first-order valence-electron chi connectivity index (χ1n) is 9.33. The lowest BCUT2D eigenvalue weighted by Gasteiger charge is -2.15. The van der Waals surface area contributed by atoms with Gasteiger partial charge in [-0.3, -0.25) is 9.79 Å². The third-order valence-corrected chi connectivity index (χ3v) is 5.70. The van der Waals surface area contributed by atoms with Gasteiger partial charge in [0.1, 0.15) is 27.3 Å². The van der Waals surface area contributed by atoms with Crippen LogP contribution in [0.4, 0.5) is 10.2 Å². The van der Waals surface area contributed by atoms with Gasteiger partial charge in [0.15, 0.2) is 5.82 Å². The highest BCUT2D eigenvalue weighted by atomic mass is 127. The van der Waals surface area contributed by atoms with E-state index in [0.29, 0.717) is 26.5 Å². The van der Waals surface area contributed by atoms with Crippen LogP contribution in [0.1, 0.15) is 36.5 Å². The lowest BCUT2D eigenvalue weighted by Crippen LogP contribution is -2.27. The zero-order chi connectivity index (χ0) is 22.2. The van der Waals surface area contributed by atoms with Gasteiger partial charge in [0, 0.05) is 17.2 Å². The highest BCUT2D eigenvalue weighted by Crippen LogP contribution is 2.38. The molecule has 31 heavy (non-hydrogen) atoms. The fourth-order valence-corrected chi connectivity index (χ4v) is 4.30. The van der Waals surface area contributed by atoms with Gasteiger partial charge in [-0.05, 0) is 48.6 Å². The fraction of sp³-hybridized carbons (Fsp3) is 0.190. The smallest absolute Gasteiger partial charge is 0.235 e. The van der Waals surface area contributed by atoms with Crippen molar-refractivity contribution in [2.24, 2.45) is 10.7 Å². The van der Waals surface area contributed by atoms with Crippen LogP contribution in [0.5, 0.6) is 0 Å². The summed E-state index contributed by atoms with van der Waals surface area (Å²) in [7, 11) is 0. The lowest BCUT2D eigenvalue weighted by atomic mass is 9.88. The van der Waals surface area contributed by atoms with Crippen LogP contribution in [0.3, 0.4) is 0 Å². The molecule has 0 radical (unpaired) electrons. The molecular weight excluding hydrogens is 514 g/mol. The van der Waals surface area contributed by atoms with E-state index in [1.807, 2.05) is 13.8 Å². The molecule has 0 aliphatic carbocycles. The number of rotatable bonds is 5. The Morgan fingerprint density at radius 3 is 2.81 bits per heavy atom. The number of amides is 1. The first-order valence-corrected chi connectivity index (χ1v) is 10.4. The second kappa shape index (κ2) is 8.17. The first kappa shape index (κ1) is 21.1. The maximum Gasteiger partial charge on any atom is 0.235 e. The molecule has 3 N–H and O–H groups in total. The summed E-state index contributed by atoms with van der Waals surface area (Å²) in [6.07, 6.45) is 2.96. The molecule has 158 valence electrons. The molecule has 0 saturated carbocycles. The van der Waals surface area contributed by atoms with E-state index in [9.17, 15) is 9.18 Å². The average molecular weight is 532 g/mol. The van der Waals surface area contributed by atoms with E-state index in [1.54, 1.807) is 30.3 Å². The van der Waals surface area contributed by atoms with Crippen molar-refractivity contribution in [3.8, 4) is 0 Å². The standard InChI is InChI=1S/C21H18FIN6O2/c1-21(2)16-17(23)26-18(27-19(16)28-20(21)30)13(24)9-15(14-7-8-31-29-14)25-10-11-5-3-4-6-12(11)22/h3-9H,10,24H2,1-2H3,(H,26,27,28,30). The van der Waals surface area contributed by atoms with Gasteiger partial charge in [-0.2, -0.15) is 0 Å². The number of benzene rings is 1. The monoisotopic (exact) mass is 532 g/mol. The summed E-state index contributed by atoms with van der Waals surface area (Å²) in [5.41, 5.74) is 7.76. The van der Waals surface area contributed by atoms with E-state index in [1.165, 1.54) is 12.3 Å². The third kappa shape index (κ3) is 4.07. The summed E-state index contributed by atoms with van der Waals surface area (Å²) in [6, 6.07) is 8.01. The van der Waals surface area contributed by atoms with Crippen LogP contribution >= 0.6 is 22.6 Å². The predicted molar refractivity (Wildman–Crippen MR) is 122 cm³/mol.